The van der Waals surface area contributed by atoms with Gasteiger partial charge in [-0.25, -0.2) is 4.39 Å². The maximum Gasteiger partial charge on any atom is 0.146 e. The number of hydrogen-bond acceptors (Lipinski definition) is 4. The van der Waals surface area contributed by atoms with E-state index < -0.39 is 12.2 Å². The Balaban J connectivity index is 2.23. The van der Waals surface area contributed by atoms with Crippen molar-refractivity contribution in [2.24, 2.45) is 5.73 Å². The second-order valence-corrected chi connectivity index (χ2v) is 4.54. The molecule has 0 spiro atoms. The van der Waals surface area contributed by atoms with Gasteiger partial charge in [0.25, 0.3) is 0 Å². The van der Waals surface area contributed by atoms with Crippen LogP contribution in [0.5, 0.6) is 0 Å². The number of hydrogen-bond donors (Lipinski definition) is 3. The minimum Gasteiger partial charge on any atom is -0.389 e. The highest BCUT2D eigenvalue weighted by Gasteiger charge is 2.30. The lowest BCUT2D eigenvalue weighted by atomic mass is 10.1. The first-order valence-corrected chi connectivity index (χ1v) is 5.65. The van der Waals surface area contributed by atoms with Crippen molar-refractivity contribution < 1.29 is 14.6 Å². The maximum absolute atomic E-state index is 13.9. The van der Waals surface area contributed by atoms with Crippen molar-refractivity contribution in [1.82, 2.24) is 0 Å². The summed E-state index contributed by atoms with van der Waals surface area (Å²) in [6.45, 7) is 2.28. The third kappa shape index (κ3) is 2.41. The Morgan fingerprint density at radius 3 is 2.41 bits per heavy atom. The predicted molar refractivity (Wildman–Crippen MR) is 63.2 cm³/mol. The molecule has 17 heavy (non-hydrogen) atoms. The van der Waals surface area contributed by atoms with E-state index in [-0.39, 0.29) is 24.9 Å². The summed E-state index contributed by atoms with van der Waals surface area (Å²) in [5.74, 6) is -0.374. The van der Waals surface area contributed by atoms with Crippen LogP contribution in [0.4, 0.5) is 10.1 Å². The molecule has 4 N–H and O–H groups in total. The van der Waals surface area contributed by atoms with E-state index in [1.54, 1.807) is 24.0 Å². The number of aliphatic hydroxyl groups is 2. The molecule has 0 aromatic heterocycles. The largest absolute Gasteiger partial charge is 0.389 e. The number of rotatable bonds is 2. The fraction of sp³-hybridized carbons (Fsp3) is 0.500. The number of halogens is 1. The van der Waals surface area contributed by atoms with Gasteiger partial charge in [-0.3, -0.25) is 0 Å². The predicted octanol–water partition coefficient (Wildman–Crippen LogP) is 0.387. The van der Waals surface area contributed by atoms with Gasteiger partial charge in [-0.05, 0) is 24.6 Å². The van der Waals surface area contributed by atoms with Crippen molar-refractivity contribution >= 4 is 5.69 Å². The van der Waals surface area contributed by atoms with Gasteiger partial charge in [0.1, 0.15) is 5.82 Å². The fourth-order valence-electron chi connectivity index (χ4n) is 2.03. The van der Waals surface area contributed by atoms with Gasteiger partial charge in [0, 0.05) is 19.1 Å². The smallest absolute Gasteiger partial charge is 0.146 e. The third-order valence-electron chi connectivity index (χ3n) is 3.10. The minimum atomic E-state index is -0.817. The Hall–Kier alpha value is -1.17. The van der Waals surface area contributed by atoms with E-state index in [0.29, 0.717) is 5.69 Å². The lowest BCUT2D eigenvalue weighted by molar-refractivity contribution is 0.0572. The average molecular weight is 240 g/mol. The number of aliphatic hydroxyl groups excluding tert-OH is 2. The summed E-state index contributed by atoms with van der Waals surface area (Å²) in [4.78, 5) is 1.63. The summed E-state index contributed by atoms with van der Waals surface area (Å²) in [6.07, 6.45) is -1.63. The third-order valence-corrected chi connectivity index (χ3v) is 3.10. The van der Waals surface area contributed by atoms with Crippen LogP contribution in [0.1, 0.15) is 18.5 Å². The number of nitrogens with zero attached hydrogens (tertiary/aromatic N) is 1. The van der Waals surface area contributed by atoms with Gasteiger partial charge < -0.3 is 20.8 Å². The van der Waals surface area contributed by atoms with Crippen molar-refractivity contribution in [3.8, 4) is 0 Å². The molecule has 0 amide bonds. The normalized spacial score (nSPS) is 26.3. The van der Waals surface area contributed by atoms with Crippen LogP contribution < -0.4 is 10.6 Å². The first-order valence-electron chi connectivity index (χ1n) is 5.65. The van der Waals surface area contributed by atoms with Crippen LogP contribution >= 0.6 is 0 Å². The molecule has 1 aliphatic rings. The molecule has 94 valence electrons. The van der Waals surface area contributed by atoms with E-state index in [0.717, 1.165) is 5.56 Å². The van der Waals surface area contributed by atoms with Gasteiger partial charge in [-0.1, -0.05) is 6.07 Å². The minimum absolute atomic E-state index is 0.215. The van der Waals surface area contributed by atoms with Crippen molar-refractivity contribution in [3.05, 3.63) is 29.6 Å². The van der Waals surface area contributed by atoms with Crippen LogP contribution in [0.25, 0.3) is 0 Å². The molecule has 1 aromatic carbocycles. The SMILES string of the molecule is C[C@@H](N)c1ccc(N2CC(O)C(O)C2)c(F)c1. The number of benzene rings is 1. The highest BCUT2D eigenvalue weighted by Crippen LogP contribution is 2.26. The molecule has 0 bridgehead atoms. The molecule has 0 radical (unpaired) electrons. The zero-order chi connectivity index (χ0) is 12.6. The fourth-order valence-corrected chi connectivity index (χ4v) is 2.03. The Bertz CT molecular complexity index is 401. The second-order valence-electron chi connectivity index (χ2n) is 4.54. The topological polar surface area (TPSA) is 69.7 Å². The van der Waals surface area contributed by atoms with E-state index in [1.165, 1.54) is 6.07 Å². The zero-order valence-electron chi connectivity index (χ0n) is 9.68. The standard InChI is InChI=1S/C12H17FN2O2/c1-7(14)8-2-3-10(9(13)4-8)15-5-11(16)12(17)6-15/h2-4,7,11-12,16-17H,5-6,14H2,1H3/t7-,11?,12?/m1/s1. The Labute approximate surface area is 99.5 Å². The highest BCUT2D eigenvalue weighted by atomic mass is 19.1. The second kappa shape index (κ2) is 4.60. The molecule has 2 rings (SSSR count). The Kier molecular flexibility index (Phi) is 3.33. The first-order chi connectivity index (χ1) is 7.99. The number of anilines is 1. The molecular weight excluding hydrogens is 223 g/mol. The Morgan fingerprint density at radius 2 is 1.94 bits per heavy atom. The van der Waals surface area contributed by atoms with Gasteiger partial charge in [0.05, 0.1) is 17.9 Å². The van der Waals surface area contributed by atoms with E-state index in [1.807, 2.05) is 0 Å². The van der Waals surface area contributed by atoms with Gasteiger partial charge in [0.2, 0.25) is 0 Å². The molecule has 3 atom stereocenters. The molecule has 4 nitrogen and oxygen atoms in total. The molecule has 0 aliphatic carbocycles. The van der Waals surface area contributed by atoms with Gasteiger partial charge in [-0.2, -0.15) is 0 Å². The lowest BCUT2D eigenvalue weighted by Crippen LogP contribution is -2.22. The number of nitrogens with two attached hydrogens (primary N) is 1. The molecule has 1 fully saturated rings. The van der Waals surface area contributed by atoms with Crippen molar-refractivity contribution in [2.45, 2.75) is 25.2 Å². The van der Waals surface area contributed by atoms with Crippen LogP contribution in [0.15, 0.2) is 18.2 Å². The van der Waals surface area contributed by atoms with Crippen LogP contribution in [-0.2, 0) is 0 Å². The van der Waals surface area contributed by atoms with Crippen LogP contribution in [0.3, 0.4) is 0 Å². The summed E-state index contributed by atoms with van der Waals surface area (Å²) >= 11 is 0. The quantitative estimate of drug-likeness (QED) is 0.699. The molecule has 2 unspecified atom stereocenters. The van der Waals surface area contributed by atoms with Gasteiger partial charge in [-0.15, -0.1) is 0 Å². The first kappa shape index (κ1) is 12.3. The van der Waals surface area contributed by atoms with Gasteiger partial charge >= 0.3 is 0 Å². The molecular formula is C12H17FN2O2. The summed E-state index contributed by atoms with van der Waals surface area (Å²) in [5.41, 5.74) is 6.79. The van der Waals surface area contributed by atoms with E-state index in [2.05, 4.69) is 0 Å². The molecule has 5 heteroatoms. The van der Waals surface area contributed by atoms with E-state index >= 15 is 0 Å². The maximum atomic E-state index is 13.9. The highest BCUT2D eigenvalue weighted by molar-refractivity contribution is 5.51. The Morgan fingerprint density at radius 1 is 1.35 bits per heavy atom. The summed E-state index contributed by atoms with van der Waals surface area (Å²) in [6, 6.07) is 4.59. The number of β-amino-alcohol motifs (C(OH)–C–C–N with tert-alkyl or cyclic N) is 2. The summed E-state index contributed by atoms with van der Waals surface area (Å²) in [7, 11) is 0. The molecule has 1 aliphatic heterocycles. The van der Waals surface area contributed by atoms with Crippen LogP contribution in [0.2, 0.25) is 0 Å². The monoisotopic (exact) mass is 240 g/mol. The lowest BCUT2D eigenvalue weighted by Gasteiger charge is -2.19. The molecule has 1 saturated heterocycles. The van der Waals surface area contributed by atoms with Crippen molar-refractivity contribution in [2.75, 3.05) is 18.0 Å². The van der Waals surface area contributed by atoms with Crippen LogP contribution in [0, 0.1) is 5.82 Å². The molecule has 0 saturated carbocycles. The van der Waals surface area contributed by atoms with Crippen LogP contribution in [-0.4, -0.2) is 35.5 Å². The van der Waals surface area contributed by atoms with Gasteiger partial charge in [0.15, 0.2) is 0 Å². The zero-order valence-corrected chi connectivity index (χ0v) is 9.68. The average Bonchev–Trinajstić information content (AvgIpc) is 2.58. The van der Waals surface area contributed by atoms with Crippen molar-refractivity contribution in [1.29, 1.82) is 0 Å². The van der Waals surface area contributed by atoms with E-state index in [4.69, 9.17) is 5.73 Å². The van der Waals surface area contributed by atoms with Crippen molar-refractivity contribution in [3.63, 3.8) is 0 Å². The molecule has 1 aromatic rings. The molecule has 1 heterocycles. The summed E-state index contributed by atoms with van der Waals surface area (Å²) < 4.78 is 13.9. The van der Waals surface area contributed by atoms with E-state index in [9.17, 15) is 14.6 Å². The summed E-state index contributed by atoms with van der Waals surface area (Å²) in [5, 5.41) is 18.9.